The summed E-state index contributed by atoms with van der Waals surface area (Å²) in [6.07, 6.45) is -1.21. The molecule has 0 radical (unpaired) electrons. The number of aliphatic hydroxyl groups excluding tert-OH is 3. The molecule has 0 aromatic heterocycles. The molecule has 4 rings (SSSR count). The molecule has 0 saturated heterocycles. The monoisotopic (exact) mass is 450 g/mol. The molecular weight excluding hydrogens is 423 g/mol. The second-order valence-corrected chi connectivity index (χ2v) is 9.83. The average molecular weight is 450 g/mol. The van der Waals surface area contributed by atoms with E-state index >= 15 is 4.39 Å². The number of carbonyl (C=O) groups is 3. The molecular formula is C23H27FO8. The molecule has 0 aliphatic heterocycles. The predicted octanol–water partition coefficient (Wildman–Crippen LogP) is 0.384. The lowest BCUT2D eigenvalue weighted by atomic mass is 9.46. The predicted molar refractivity (Wildman–Crippen MR) is 108 cm³/mol. The van der Waals surface area contributed by atoms with E-state index in [0.717, 1.165) is 0 Å². The Morgan fingerprint density at radius 3 is 2.56 bits per heavy atom. The third-order valence-electron chi connectivity index (χ3n) is 8.32. The van der Waals surface area contributed by atoms with Crippen molar-refractivity contribution >= 4 is 17.5 Å². The SMILES string of the molecule is C[C@]12C=CC(=O)C=C1CC[C@H]1C3=C[C@@H](O)[C@](O)(C(=O)C(O)CC(=O)O)[C@@]3(C)C[C@H](O)[C@@]12F. The largest absolute Gasteiger partial charge is 0.481 e. The van der Waals surface area contributed by atoms with Crippen molar-refractivity contribution in [3.63, 3.8) is 0 Å². The normalized spacial score (nSPS) is 45.8. The first kappa shape index (κ1) is 23.0. The van der Waals surface area contributed by atoms with Gasteiger partial charge in [-0.1, -0.05) is 30.2 Å². The highest BCUT2D eigenvalue weighted by molar-refractivity contribution is 6.01. The molecule has 0 aromatic carbocycles. The number of hydrogen-bond donors (Lipinski definition) is 5. The summed E-state index contributed by atoms with van der Waals surface area (Å²) < 4.78 is 16.9. The van der Waals surface area contributed by atoms with Crippen LogP contribution in [0.2, 0.25) is 0 Å². The number of carbonyl (C=O) groups excluding carboxylic acids is 2. The van der Waals surface area contributed by atoms with Gasteiger partial charge in [-0.25, -0.2) is 4.39 Å². The molecule has 32 heavy (non-hydrogen) atoms. The maximum absolute atomic E-state index is 16.9. The molecule has 4 aliphatic carbocycles. The van der Waals surface area contributed by atoms with Crippen molar-refractivity contribution in [1.82, 2.24) is 0 Å². The third kappa shape index (κ3) is 2.59. The van der Waals surface area contributed by atoms with Gasteiger partial charge in [0.25, 0.3) is 0 Å². The molecule has 8 atom stereocenters. The number of hydrogen-bond acceptors (Lipinski definition) is 7. The molecule has 174 valence electrons. The van der Waals surface area contributed by atoms with Gasteiger partial charge in [0, 0.05) is 16.7 Å². The maximum Gasteiger partial charge on any atom is 0.306 e. The molecule has 0 bridgehead atoms. The molecule has 0 heterocycles. The highest BCUT2D eigenvalue weighted by Gasteiger charge is 2.74. The average Bonchev–Trinajstić information content (AvgIpc) is 2.90. The van der Waals surface area contributed by atoms with E-state index in [1.165, 1.54) is 31.2 Å². The molecule has 5 N–H and O–H groups in total. The van der Waals surface area contributed by atoms with Crippen LogP contribution in [0.5, 0.6) is 0 Å². The summed E-state index contributed by atoms with van der Waals surface area (Å²) in [4.78, 5) is 35.8. The number of halogens is 1. The second kappa shape index (κ2) is 6.90. The molecule has 2 fully saturated rings. The first-order chi connectivity index (χ1) is 14.7. The number of Topliss-reactive ketones (excluding diaryl/α,β-unsaturated/α-hetero) is 1. The van der Waals surface area contributed by atoms with Crippen LogP contribution in [-0.2, 0) is 14.4 Å². The smallest absolute Gasteiger partial charge is 0.306 e. The quantitative estimate of drug-likeness (QED) is 0.386. The first-order valence-corrected chi connectivity index (χ1v) is 10.6. The van der Waals surface area contributed by atoms with Gasteiger partial charge in [0.15, 0.2) is 22.8 Å². The molecule has 9 heteroatoms. The van der Waals surface area contributed by atoms with Crippen LogP contribution in [0.4, 0.5) is 4.39 Å². The number of allylic oxidation sites excluding steroid dienone is 4. The van der Waals surface area contributed by atoms with Crippen molar-refractivity contribution in [3.05, 3.63) is 35.5 Å². The van der Waals surface area contributed by atoms with E-state index in [0.29, 0.717) is 12.0 Å². The Kier molecular flexibility index (Phi) is 4.95. The summed E-state index contributed by atoms with van der Waals surface area (Å²) in [5.74, 6) is -4.00. The molecule has 4 aliphatic rings. The molecule has 0 aromatic rings. The van der Waals surface area contributed by atoms with Crippen LogP contribution in [0.3, 0.4) is 0 Å². The van der Waals surface area contributed by atoms with Crippen LogP contribution in [0.1, 0.15) is 39.5 Å². The summed E-state index contributed by atoms with van der Waals surface area (Å²) >= 11 is 0. The van der Waals surface area contributed by atoms with Gasteiger partial charge in [0.1, 0.15) is 12.2 Å². The van der Waals surface area contributed by atoms with Gasteiger partial charge in [-0.05, 0) is 38.3 Å². The van der Waals surface area contributed by atoms with Crippen molar-refractivity contribution in [1.29, 1.82) is 0 Å². The summed E-state index contributed by atoms with van der Waals surface area (Å²) in [5.41, 5.74) is -7.03. The minimum absolute atomic E-state index is 0.173. The Hall–Kier alpha value is -2.20. The minimum atomic E-state index is -2.63. The van der Waals surface area contributed by atoms with Gasteiger partial charge < -0.3 is 25.5 Å². The molecule has 0 spiro atoms. The van der Waals surface area contributed by atoms with Crippen LogP contribution in [0.15, 0.2) is 35.5 Å². The van der Waals surface area contributed by atoms with Crippen LogP contribution < -0.4 is 0 Å². The lowest BCUT2D eigenvalue weighted by Gasteiger charge is -2.61. The summed E-state index contributed by atoms with van der Waals surface area (Å²) in [6.45, 7) is 3.01. The third-order valence-corrected chi connectivity index (χ3v) is 8.32. The Morgan fingerprint density at radius 1 is 1.28 bits per heavy atom. The van der Waals surface area contributed by atoms with E-state index < -0.39 is 70.9 Å². The first-order valence-electron chi connectivity index (χ1n) is 10.6. The Labute approximate surface area is 183 Å². The molecule has 1 unspecified atom stereocenters. The van der Waals surface area contributed by atoms with E-state index in [-0.39, 0.29) is 17.8 Å². The summed E-state index contributed by atoms with van der Waals surface area (Å²) in [6, 6.07) is 0. The van der Waals surface area contributed by atoms with E-state index in [1.54, 1.807) is 6.92 Å². The number of rotatable bonds is 4. The van der Waals surface area contributed by atoms with Gasteiger partial charge in [-0.3, -0.25) is 14.4 Å². The van der Waals surface area contributed by atoms with Gasteiger partial charge in [0.05, 0.1) is 12.5 Å². The van der Waals surface area contributed by atoms with Crippen LogP contribution in [-0.4, -0.2) is 72.7 Å². The summed E-state index contributed by atoms with van der Waals surface area (Å²) in [5, 5.41) is 52.2. The van der Waals surface area contributed by atoms with Crippen LogP contribution in [0.25, 0.3) is 0 Å². The topological polar surface area (TPSA) is 152 Å². The zero-order valence-electron chi connectivity index (χ0n) is 17.8. The van der Waals surface area contributed by atoms with Gasteiger partial charge in [-0.2, -0.15) is 0 Å². The fraction of sp³-hybridized carbons (Fsp3) is 0.609. The fourth-order valence-electron chi connectivity index (χ4n) is 6.52. The second-order valence-electron chi connectivity index (χ2n) is 9.83. The van der Waals surface area contributed by atoms with E-state index in [1.807, 2.05) is 0 Å². The number of carboxylic acids is 1. The van der Waals surface area contributed by atoms with Crippen LogP contribution in [0, 0.1) is 16.7 Å². The fourth-order valence-corrected chi connectivity index (χ4v) is 6.52. The van der Waals surface area contributed by atoms with Crippen molar-refractivity contribution < 1.29 is 44.3 Å². The van der Waals surface area contributed by atoms with Gasteiger partial charge >= 0.3 is 5.97 Å². The van der Waals surface area contributed by atoms with E-state index in [4.69, 9.17) is 5.11 Å². The zero-order valence-corrected chi connectivity index (χ0v) is 17.8. The van der Waals surface area contributed by atoms with Crippen molar-refractivity contribution in [2.24, 2.45) is 16.7 Å². The van der Waals surface area contributed by atoms with E-state index in [9.17, 15) is 34.8 Å². The van der Waals surface area contributed by atoms with Gasteiger partial charge in [-0.15, -0.1) is 0 Å². The highest BCUT2D eigenvalue weighted by Crippen LogP contribution is 2.68. The van der Waals surface area contributed by atoms with Crippen molar-refractivity contribution in [3.8, 4) is 0 Å². The summed E-state index contributed by atoms with van der Waals surface area (Å²) in [7, 11) is 0. The molecule has 8 nitrogen and oxygen atoms in total. The number of aliphatic carboxylic acids is 1. The number of ketones is 2. The number of alkyl halides is 1. The van der Waals surface area contributed by atoms with Gasteiger partial charge in [0.2, 0.25) is 0 Å². The molecule has 2 saturated carbocycles. The standard InChI is InChI=1S/C23H27FO8/c1-20-6-5-12(25)7-11(20)3-4-13-14-8-16(27)23(32,19(31)15(26)9-18(29)30)21(14,2)10-17(28)22(13,20)24/h5-8,13,15-17,26-28,32H,3-4,9-10H2,1-2H3,(H,29,30)/t13-,15?,16+,17-,20-,21-,22-,23-/m0/s1. The Bertz CT molecular complexity index is 1000. The zero-order chi connectivity index (χ0) is 23.9. The maximum atomic E-state index is 16.9. The van der Waals surface area contributed by atoms with Crippen molar-refractivity contribution in [2.45, 2.75) is 69.1 Å². The Balaban J connectivity index is 1.80. The molecule has 0 amide bonds. The number of carboxylic acid groups (broad SMARTS) is 1. The van der Waals surface area contributed by atoms with Crippen LogP contribution >= 0.6 is 0 Å². The lowest BCUT2D eigenvalue weighted by molar-refractivity contribution is -0.195. The number of aliphatic hydroxyl groups is 4. The van der Waals surface area contributed by atoms with Crippen molar-refractivity contribution in [2.75, 3.05) is 0 Å². The number of fused-ring (bicyclic) bond motifs is 5. The Morgan fingerprint density at radius 2 is 1.94 bits per heavy atom. The minimum Gasteiger partial charge on any atom is -0.481 e. The lowest BCUT2D eigenvalue weighted by Crippen LogP contribution is -2.69. The van der Waals surface area contributed by atoms with E-state index in [2.05, 4.69) is 0 Å². The highest BCUT2D eigenvalue weighted by atomic mass is 19.1.